The van der Waals surface area contributed by atoms with Gasteiger partial charge in [0.2, 0.25) is 0 Å². The number of hydrogen-bond acceptors (Lipinski definition) is 2. The molecule has 1 aromatic rings. The van der Waals surface area contributed by atoms with Gasteiger partial charge in [-0.15, -0.1) is 24.0 Å². The summed E-state index contributed by atoms with van der Waals surface area (Å²) < 4.78 is 0. The minimum atomic E-state index is 0. The topological polar surface area (TPSA) is 39.7 Å². The van der Waals surface area contributed by atoms with Crippen LogP contribution in [0.15, 0.2) is 35.3 Å². The zero-order valence-corrected chi connectivity index (χ0v) is 16.3. The lowest BCUT2D eigenvalue weighted by Gasteiger charge is -2.20. The Morgan fingerprint density at radius 3 is 2.70 bits per heavy atom. The molecule has 1 aliphatic carbocycles. The van der Waals surface area contributed by atoms with Crippen LogP contribution in [0.25, 0.3) is 0 Å². The van der Waals surface area contributed by atoms with E-state index in [2.05, 4.69) is 50.9 Å². The first-order valence-corrected chi connectivity index (χ1v) is 8.62. The van der Waals surface area contributed by atoms with Crippen LogP contribution < -0.4 is 15.5 Å². The predicted molar refractivity (Wildman–Crippen MR) is 109 cm³/mol. The maximum Gasteiger partial charge on any atom is 0.191 e. The Hall–Kier alpha value is -0.980. The van der Waals surface area contributed by atoms with Crippen molar-refractivity contribution in [1.82, 2.24) is 10.6 Å². The van der Waals surface area contributed by atoms with Gasteiger partial charge < -0.3 is 15.5 Å². The normalized spacial score (nSPS) is 21.0. The van der Waals surface area contributed by atoms with E-state index in [0.29, 0.717) is 6.04 Å². The predicted octanol–water partition coefficient (Wildman–Crippen LogP) is 3.24. The van der Waals surface area contributed by atoms with E-state index in [-0.39, 0.29) is 24.0 Å². The van der Waals surface area contributed by atoms with Gasteiger partial charge in [0.05, 0.1) is 0 Å². The summed E-state index contributed by atoms with van der Waals surface area (Å²) >= 11 is 0. The number of benzene rings is 1. The minimum Gasteiger partial charge on any atom is -0.369 e. The van der Waals surface area contributed by atoms with Gasteiger partial charge in [-0.25, -0.2) is 0 Å². The van der Waals surface area contributed by atoms with Crippen molar-refractivity contribution in [2.45, 2.75) is 38.1 Å². The standard InChI is InChI=1S/C18H28N4.HI/c1-19-18(20-12-5-6-15-9-10-15)21-16-11-13-22(14-16)17-7-3-2-4-8-17;/h2-4,7-8,15-16H,5-6,9-14H2,1H3,(H2,19,20,21);1H. The molecule has 5 heteroatoms. The molecule has 2 N–H and O–H groups in total. The van der Waals surface area contributed by atoms with Gasteiger partial charge in [0.1, 0.15) is 0 Å². The summed E-state index contributed by atoms with van der Waals surface area (Å²) in [4.78, 5) is 6.80. The van der Waals surface area contributed by atoms with Crippen LogP contribution in [0.2, 0.25) is 0 Å². The quantitative estimate of drug-likeness (QED) is 0.316. The zero-order valence-electron chi connectivity index (χ0n) is 14.0. The first-order chi connectivity index (χ1) is 10.8. The molecule has 23 heavy (non-hydrogen) atoms. The van der Waals surface area contributed by atoms with E-state index >= 15 is 0 Å². The van der Waals surface area contributed by atoms with Gasteiger partial charge in [-0.05, 0) is 37.3 Å². The number of hydrogen-bond donors (Lipinski definition) is 2. The van der Waals surface area contributed by atoms with E-state index in [1.54, 1.807) is 0 Å². The Morgan fingerprint density at radius 1 is 1.22 bits per heavy atom. The second-order valence-corrected chi connectivity index (χ2v) is 6.50. The van der Waals surface area contributed by atoms with Crippen molar-refractivity contribution in [2.24, 2.45) is 10.9 Å². The molecule has 1 atom stereocenters. The molecule has 0 radical (unpaired) electrons. The van der Waals surface area contributed by atoms with Crippen molar-refractivity contribution in [3.05, 3.63) is 30.3 Å². The number of halogens is 1. The first kappa shape index (κ1) is 18.4. The zero-order chi connectivity index (χ0) is 15.2. The number of rotatable bonds is 6. The van der Waals surface area contributed by atoms with Crippen LogP contribution in [0, 0.1) is 5.92 Å². The number of guanidine groups is 1. The summed E-state index contributed by atoms with van der Waals surface area (Å²) in [6.07, 6.45) is 6.69. The molecule has 0 aromatic heterocycles. The van der Waals surface area contributed by atoms with Crippen LogP contribution in [0.4, 0.5) is 5.69 Å². The Kier molecular flexibility index (Phi) is 7.46. The lowest BCUT2D eigenvalue weighted by molar-refractivity contribution is 0.620. The Bertz CT molecular complexity index is 487. The third kappa shape index (κ3) is 5.86. The third-order valence-corrected chi connectivity index (χ3v) is 4.65. The molecule has 2 aliphatic rings. The van der Waals surface area contributed by atoms with Gasteiger partial charge in [-0.1, -0.05) is 31.0 Å². The molecular formula is C18H29IN4. The fourth-order valence-electron chi connectivity index (χ4n) is 3.14. The van der Waals surface area contributed by atoms with Crippen molar-refractivity contribution < 1.29 is 0 Å². The molecule has 1 aliphatic heterocycles. The van der Waals surface area contributed by atoms with Crippen LogP contribution in [0.5, 0.6) is 0 Å². The number of anilines is 1. The maximum absolute atomic E-state index is 4.36. The second kappa shape index (κ2) is 9.35. The van der Waals surface area contributed by atoms with E-state index in [4.69, 9.17) is 0 Å². The number of nitrogens with one attached hydrogen (secondary N) is 2. The smallest absolute Gasteiger partial charge is 0.191 e. The summed E-state index contributed by atoms with van der Waals surface area (Å²) in [7, 11) is 1.86. The van der Waals surface area contributed by atoms with E-state index in [0.717, 1.165) is 37.9 Å². The molecule has 2 fully saturated rings. The lowest BCUT2D eigenvalue weighted by Crippen LogP contribution is -2.44. The highest BCUT2D eigenvalue weighted by atomic mass is 127. The summed E-state index contributed by atoms with van der Waals surface area (Å²) in [5.41, 5.74) is 1.32. The van der Waals surface area contributed by atoms with Gasteiger partial charge >= 0.3 is 0 Å². The van der Waals surface area contributed by atoms with Crippen LogP contribution in [0.3, 0.4) is 0 Å². The van der Waals surface area contributed by atoms with Gasteiger partial charge in [-0.3, -0.25) is 4.99 Å². The summed E-state index contributed by atoms with van der Waals surface area (Å²) in [5.74, 6) is 1.97. The van der Waals surface area contributed by atoms with Crippen molar-refractivity contribution in [3.8, 4) is 0 Å². The van der Waals surface area contributed by atoms with E-state index in [9.17, 15) is 0 Å². The molecule has 0 spiro atoms. The molecule has 3 rings (SSSR count). The molecule has 0 amide bonds. The third-order valence-electron chi connectivity index (χ3n) is 4.65. The van der Waals surface area contributed by atoms with Crippen molar-refractivity contribution in [1.29, 1.82) is 0 Å². The molecule has 1 aromatic carbocycles. The van der Waals surface area contributed by atoms with Crippen LogP contribution >= 0.6 is 24.0 Å². The summed E-state index contributed by atoms with van der Waals surface area (Å²) in [6, 6.07) is 11.1. The average Bonchev–Trinajstić information content (AvgIpc) is 3.27. The summed E-state index contributed by atoms with van der Waals surface area (Å²) in [5, 5.41) is 7.02. The highest BCUT2D eigenvalue weighted by molar-refractivity contribution is 14.0. The largest absolute Gasteiger partial charge is 0.369 e. The molecule has 1 saturated carbocycles. The van der Waals surface area contributed by atoms with E-state index in [1.165, 1.54) is 31.4 Å². The Morgan fingerprint density at radius 2 is 2.00 bits per heavy atom. The van der Waals surface area contributed by atoms with Crippen molar-refractivity contribution in [2.75, 3.05) is 31.6 Å². The van der Waals surface area contributed by atoms with Gasteiger partial charge in [0.15, 0.2) is 5.96 Å². The second-order valence-electron chi connectivity index (χ2n) is 6.50. The Balaban J connectivity index is 0.00000192. The summed E-state index contributed by atoms with van der Waals surface area (Å²) in [6.45, 7) is 3.19. The van der Waals surface area contributed by atoms with Crippen LogP contribution in [-0.4, -0.2) is 38.7 Å². The van der Waals surface area contributed by atoms with Crippen LogP contribution in [-0.2, 0) is 0 Å². The van der Waals surface area contributed by atoms with Gasteiger partial charge in [0.25, 0.3) is 0 Å². The highest BCUT2D eigenvalue weighted by Gasteiger charge is 2.23. The molecule has 1 heterocycles. The molecule has 1 unspecified atom stereocenters. The Labute approximate surface area is 157 Å². The fourth-order valence-corrected chi connectivity index (χ4v) is 3.14. The number of nitrogens with zero attached hydrogens (tertiary/aromatic N) is 2. The lowest BCUT2D eigenvalue weighted by atomic mass is 10.2. The van der Waals surface area contributed by atoms with Crippen molar-refractivity contribution >= 4 is 35.6 Å². The minimum absolute atomic E-state index is 0. The highest BCUT2D eigenvalue weighted by Crippen LogP contribution is 2.33. The molecule has 0 bridgehead atoms. The molecule has 128 valence electrons. The number of para-hydroxylation sites is 1. The molecule has 4 nitrogen and oxygen atoms in total. The first-order valence-electron chi connectivity index (χ1n) is 8.62. The number of aliphatic imine (C=N–C) groups is 1. The van der Waals surface area contributed by atoms with Gasteiger partial charge in [-0.2, -0.15) is 0 Å². The molecule has 1 saturated heterocycles. The van der Waals surface area contributed by atoms with Crippen molar-refractivity contribution in [3.63, 3.8) is 0 Å². The van der Waals surface area contributed by atoms with Gasteiger partial charge in [0, 0.05) is 38.4 Å². The monoisotopic (exact) mass is 428 g/mol. The van der Waals surface area contributed by atoms with E-state index in [1.807, 2.05) is 7.05 Å². The average molecular weight is 428 g/mol. The van der Waals surface area contributed by atoms with E-state index < -0.39 is 0 Å². The maximum atomic E-state index is 4.36. The fraction of sp³-hybridized carbons (Fsp3) is 0.611. The van der Waals surface area contributed by atoms with Crippen LogP contribution in [0.1, 0.15) is 32.1 Å². The molecular weight excluding hydrogens is 399 g/mol. The SMILES string of the molecule is CN=C(NCCCC1CC1)NC1CCN(c2ccccc2)C1.I.